The molecule has 0 radical (unpaired) electrons. The average Bonchev–Trinajstić information content (AvgIpc) is 3.01. The van der Waals surface area contributed by atoms with Crippen LogP contribution in [0, 0.1) is 0 Å². The van der Waals surface area contributed by atoms with E-state index in [2.05, 4.69) is 11.4 Å². The molecular formula is C17H17NO4. The van der Waals surface area contributed by atoms with Crippen LogP contribution < -0.4 is 5.32 Å². The quantitative estimate of drug-likeness (QED) is 0.909. The molecule has 22 heavy (non-hydrogen) atoms. The van der Waals surface area contributed by atoms with Crippen molar-refractivity contribution in [1.82, 2.24) is 5.32 Å². The van der Waals surface area contributed by atoms with Crippen LogP contribution in [0.4, 0.5) is 0 Å². The Morgan fingerprint density at radius 3 is 2.82 bits per heavy atom. The number of carboxylic acid groups (broad SMARTS) is 1. The Balaban J connectivity index is 1.66. The first-order valence-corrected chi connectivity index (χ1v) is 7.32. The molecule has 3 rings (SSSR count). The van der Waals surface area contributed by atoms with Crippen molar-refractivity contribution in [3.8, 4) is 0 Å². The summed E-state index contributed by atoms with van der Waals surface area (Å²) in [5, 5.41) is 11.6. The summed E-state index contributed by atoms with van der Waals surface area (Å²) in [6, 6.07) is 11.0. The van der Waals surface area contributed by atoms with Gasteiger partial charge >= 0.3 is 5.97 Å². The van der Waals surface area contributed by atoms with E-state index in [4.69, 9.17) is 9.52 Å². The minimum Gasteiger partial charge on any atom is -0.475 e. The number of amides is 1. The fraction of sp³-hybridized carbons (Fsp3) is 0.294. The van der Waals surface area contributed by atoms with Crippen LogP contribution in [0.25, 0.3) is 0 Å². The van der Waals surface area contributed by atoms with E-state index >= 15 is 0 Å². The topological polar surface area (TPSA) is 79.5 Å². The maximum atomic E-state index is 12.4. The van der Waals surface area contributed by atoms with E-state index in [9.17, 15) is 9.59 Å². The maximum Gasteiger partial charge on any atom is 0.371 e. The van der Waals surface area contributed by atoms with Crippen LogP contribution in [0.5, 0.6) is 0 Å². The molecular weight excluding hydrogens is 282 g/mol. The third-order valence-electron chi connectivity index (χ3n) is 4.00. The first-order chi connectivity index (χ1) is 10.6. The van der Waals surface area contributed by atoms with E-state index in [0.717, 1.165) is 24.8 Å². The maximum absolute atomic E-state index is 12.4. The van der Waals surface area contributed by atoms with Gasteiger partial charge in [-0.15, -0.1) is 0 Å². The van der Waals surface area contributed by atoms with Crippen LogP contribution in [-0.4, -0.2) is 17.0 Å². The number of hydrogen-bond donors (Lipinski definition) is 2. The van der Waals surface area contributed by atoms with Crippen LogP contribution in [0.1, 0.15) is 46.2 Å². The molecule has 1 aromatic carbocycles. The molecule has 2 N–H and O–H groups in total. The van der Waals surface area contributed by atoms with Gasteiger partial charge in [0.15, 0.2) is 0 Å². The number of nitrogens with one attached hydrogen (secondary N) is 1. The van der Waals surface area contributed by atoms with Gasteiger partial charge in [-0.25, -0.2) is 4.79 Å². The van der Waals surface area contributed by atoms with Crippen molar-refractivity contribution in [3.63, 3.8) is 0 Å². The van der Waals surface area contributed by atoms with E-state index in [1.807, 2.05) is 18.2 Å². The van der Waals surface area contributed by atoms with Crippen LogP contribution in [-0.2, 0) is 17.8 Å². The van der Waals surface area contributed by atoms with Crippen molar-refractivity contribution in [2.75, 3.05) is 0 Å². The Morgan fingerprint density at radius 2 is 2.05 bits per heavy atom. The van der Waals surface area contributed by atoms with Gasteiger partial charge in [-0.05, 0) is 42.5 Å². The molecule has 1 unspecified atom stereocenters. The van der Waals surface area contributed by atoms with Gasteiger partial charge in [0.05, 0.1) is 12.5 Å². The van der Waals surface area contributed by atoms with Gasteiger partial charge in [-0.3, -0.25) is 4.79 Å². The van der Waals surface area contributed by atoms with Gasteiger partial charge < -0.3 is 14.8 Å². The van der Waals surface area contributed by atoms with Crippen molar-refractivity contribution in [1.29, 1.82) is 0 Å². The normalized spacial score (nSPS) is 16.8. The summed E-state index contributed by atoms with van der Waals surface area (Å²) in [7, 11) is 0. The first kappa shape index (κ1) is 14.4. The summed E-state index contributed by atoms with van der Waals surface area (Å²) in [6.45, 7) is 0.199. The summed E-state index contributed by atoms with van der Waals surface area (Å²) in [5.74, 6) is -0.972. The highest BCUT2D eigenvalue weighted by molar-refractivity contribution is 5.85. The zero-order valence-corrected chi connectivity index (χ0v) is 12.0. The van der Waals surface area contributed by atoms with E-state index < -0.39 is 5.97 Å². The van der Waals surface area contributed by atoms with E-state index in [0.29, 0.717) is 5.76 Å². The van der Waals surface area contributed by atoms with Crippen LogP contribution in [0.15, 0.2) is 40.8 Å². The second-order valence-electron chi connectivity index (χ2n) is 5.43. The number of aryl methyl sites for hydroxylation is 1. The number of carbonyl (C=O) groups is 2. The summed E-state index contributed by atoms with van der Waals surface area (Å²) in [5.41, 5.74) is 2.33. The van der Waals surface area contributed by atoms with Crippen molar-refractivity contribution in [3.05, 3.63) is 59.0 Å². The number of rotatable bonds is 4. The number of benzene rings is 1. The van der Waals surface area contributed by atoms with E-state index in [-0.39, 0.29) is 24.1 Å². The van der Waals surface area contributed by atoms with Gasteiger partial charge in [0, 0.05) is 0 Å². The molecule has 1 aromatic heterocycles. The predicted molar refractivity (Wildman–Crippen MR) is 79.6 cm³/mol. The van der Waals surface area contributed by atoms with Gasteiger partial charge in [0.1, 0.15) is 5.76 Å². The molecule has 5 heteroatoms. The lowest BCUT2D eigenvalue weighted by atomic mass is 9.82. The molecule has 0 aliphatic heterocycles. The molecule has 1 amide bonds. The SMILES string of the molecule is O=C(O)c1ccc(CNC(=O)C2CCCc3ccccc32)o1. The molecule has 0 fully saturated rings. The van der Waals surface area contributed by atoms with Crippen LogP contribution in [0.2, 0.25) is 0 Å². The molecule has 1 aliphatic carbocycles. The minimum absolute atomic E-state index is 0.0413. The highest BCUT2D eigenvalue weighted by Crippen LogP contribution is 2.31. The zero-order valence-electron chi connectivity index (χ0n) is 12.0. The highest BCUT2D eigenvalue weighted by Gasteiger charge is 2.26. The first-order valence-electron chi connectivity index (χ1n) is 7.32. The number of carboxylic acids is 1. The Labute approximate surface area is 127 Å². The second kappa shape index (κ2) is 6.05. The lowest BCUT2D eigenvalue weighted by Gasteiger charge is -2.24. The van der Waals surface area contributed by atoms with Crippen molar-refractivity contribution in [2.24, 2.45) is 0 Å². The van der Waals surface area contributed by atoms with Crippen molar-refractivity contribution in [2.45, 2.75) is 31.7 Å². The lowest BCUT2D eigenvalue weighted by molar-refractivity contribution is -0.123. The number of hydrogen-bond acceptors (Lipinski definition) is 3. The standard InChI is InChI=1S/C17H17NO4/c19-16(18-10-12-8-9-15(22-12)17(20)21)14-7-3-5-11-4-1-2-6-13(11)14/h1-2,4,6,8-9,14H,3,5,7,10H2,(H,18,19)(H,20,21). The summed E-state index contributed by atoms with van der Waals surface area (Å²) in [6.07, 6.45) is 2.85. The summed E-state index contributed by atoms with van der Waals surface area (Å²) in [4.78, 5) is 23.2. The monoisotopic (exact) mass is 299 g/mol. The minimum atomic E-state index is -1.11. The molecule has 2 aromatic rings. The number of furan rings is 1. The third kappa shape index (κ3) is 2.88. The van der Waals surface area contributed by atoms with Crippen LogP contribution >= 0.6 is 0 Å². The summed E-state index contributed by atoms with van der Waals surface area (Å²) >= 11 is 0. The third-order valence-corrected chi connectivity index (χ3v) is 4.00. The molecule has 1 atom stereocenters. The average molecular weight is 299 g/mol. The molecule has 114 valence electrons. The lowest BCUT2D eigenvalue weighted by Crippen LogP contribution is -2.30. The fourth-order valence-electron chi connectivity index (χ4n) is 2.91. The van der Waals surface area contributed by atoms with Crippen LogP contribution in [0.3, 0.4) is 0 Å². The fourth-order valence-corrected chi connectivity index (χ4v) is 2.91. The Kier molecular flexibility index (Phi) is 3.96. The molecule has 0 bridgehead atoms. The predicted octanol–water partition coefficient (Wildman–Crippen LogP) is 2.71. The van der Waals surface area contributed by atoms with Gasteiger partial charge in [-0.1, -0.05) is 24.3 Å². The second-order valence-corrected chi connectivity index (χ2v) is 5.43. The molecule has 1 aliphatic rings. The highest BCUT2D eigenvalue weighted by atomic mass is 16.4. The number of carbonyl (C=O) groups excluding carboxylic acids is 1. The van der Waals surface area contributed by atoms with Gasteiger partial charge in [0.25, 0.3) is 0 Å². The van der Waals surface area contributed by atoms with Gasteiger partial charge in [-0.2, -0.15) is 0 Å². The molecule has 5 nitrogen and oxygen atoms in total. The Hall–Kier alpha value is -2.56. The molecule has 1 heterocycles. The molecule has 0 saturated carbocycles. The molecule has 0 spiro atoms. The van der Waals surface area contributed by atoms with E-state index in [1.54, 1.807) is 6.07 Å². The zero-order chi connectivity index (χ0) is 15.5. The number of aromatic carboxylic acids is 1. The van der Waals surface area contributed by atoms with E-state index in [1.165, 1.54) is 11.6 Å². The Bertz CT molecular complexity index is 704. The van der Waals surface area contributed by atoms with Crippen molar-refractivity contribution >= 4 is 11.9 Å². The smallest absolute Gasteiger partial charge is 0.371 e. The summed E-state index contributed by atoms with van der Waals surface area (Å²) < 4.78 is 5.14. The number of fused-ring (bicyclic) bond motifs is 1. The molecule has 0 saturated heterocycles. The Morgan fingerprint density at radius 1 is 1.23 bits per heavy atom. The van der Waals surface area contributed by atoms with Crippen molar-refractivity contribution < 1.29 is 19.1 Å². The van der Waals surface area contributed by atoms with Gasteiger partial charge in [0.2, 0.25) is 11.7 Å². The largest absolute Gasteiger partial charge is 0.475 e.